The fraction of sp³-hybridized carbons (Fsp3) is 0.0625. The van der Waals surface area contributed by atoms with Crippen LogP contribution in [0.25, 0.3) is 10.2 Å². The van der Waals surface area contributed by atoms with Crippen LogP contribution in [0.2, 0.25) is 0 Å². The van der Waals surface area contributed by atoms with E-state index in [-0.39, 0.29) is 11.1 Å². The third-order valence-corrected chi connectivity index (χ3v) is 4.74. The second kappa shape index (κ2) is 6.47. The molecule has 2 aromatic carbocycles. The first kappa shape index (κ1) is 15.6. The fourth-order valence-corrected chi connectivity index (χ4v) is 3.58. The van der Waals surface area contributed by atoms with Crippen molar-refractivity contribution in [3.05, 3.63) is 58.1 Å². The second-order valence-corrected chi connectivity index (χ2v) is 6.48. The van der Waals surface area contributed by atoms with Gasteiger partial charge < -0.3 is 4.74 Å². The van der Waals surface area contributed by atoms with Gasteiger partial charge >= 0.3 is 5.97 Å². The van der Waals surface area contributed by atoms with Gasteiger partial charge in [-0.1, -0.05) is 29.5 Å². The number of amides is 1. The molecule has 0 bridgehead atoms. The number of rotatable bonds is 3. The molecule has 0 saturated carbocycles. The van der Waals surface area contributed by atoms with Crippen LogP contribution in [0.5, 0.6) is 0 Å². The number of hydrogen-bond acceptors (Lipinski definition) is 5. The molecule has 3 aromatic rings. The van der Waals surface area contributed by atoms with Gasteiger partial charge in [0.2, 0.25) is 0 Å². The molecule has 23 heavy (non-hydrogen) atoms. The van der Waals surface area contributed by atoms with E-state index in [0.717, 1.165) is 14.7 Å². The predicted molar refractivity (Wildman–Crippen MR) is 93.1 cm³/mol. The highest BCUT2D eigenvalue weighted by molar-refractivity contribution is 9.10. The van der Waals surface area contributed by atoms with Crippen LogP contribution in [0.4, 0.5) is 5.13 Å². The summed E-state index contributed by atoms with van der Waals surface area (Å²) in [4.78, 5) is 28.6. The zero-order valence-corrected chi connectivity index (χ0v) is 14.4. The van der Waals surface area contributed by atoms with Crippen LogP contribution in [0, 0.1) is 0 Å². The Bertz CT molecular complexity index is 907. The number of benzene rings is 2. The summed E-state index contributed by atoms with van der Waals surface area (Å²) in [7, 11) is 1.28. The number of halogens is 1. The van der Waals surface area contributed by atoms with Crippen LogP contribution in [0.1, 0.15) is 20.7 Å². The number of aromatic nitrogens is 1. The number of carbonyl (C=O) groups excluding carboxylic acids is 2. The topological polar surface area (TPSA) is 68.3 Å². The van der Waals surface area contributed by atoms with Crippen molar-refractivity contribution >= 4 is 54.5 Å². The number of ether oxygens (including phenoxy) is 1. The minimum Gasteiger partial charge on any atom is -0.465 e. The zero-order chi connectivity index (χ0) is 16.4. The number of methoxy groups -OCH3 is 1. The Labute approximate surface area is 144 Å². The Morgan fingerprint density at radius 1 is 1.13 bits per heavy atom. The highest BCUT2D eigenvalue weighted by atomic mass is 79.9. The molecule has 0 aliphatic carbocycles. The highest BCUT2D eigenvalue weighted by Gasteiger charge is 2.18. The normalized spacial score (nSPS) is 10.5. The largest absolute Gasteiger partial charge is 0.465 e. The van der Waals surface area contributed by atoms with Gasteiger partial charge in [-0.2, -0.15) is 0 Å². The number of nitrogens with one attached hydrogen (secondary N) is 1. The molecule has 0 spiro atoms. The molecule has 3 rings (SSSR count). The Hall–Kier alpha value is -2.25. The zero-order valence-electron chi connectivity index (χ0n) is 12.0. The van der Waals surface area contributed by atoms with Crippen molar-refractivity contribution in [2.75, 3.05) is 12.4 Å². The molecule has 7 heteroatoms. The lowest BCUT2D eigenvalue weighted by Gasteiger charge is -2.06. The molecule has 0 unspecified atom stereocenters. The Morgan fingerprint density at radius 3 is 2.57 bits per heavy atom. The van der Waals surface area contributed by atoms with Crippen molar-refractivity contribution in [3.8, 4) is 0 Å². The summed E-state index contributed by atoms with van der Waals surface area (Å²) >= 11 is 4.80. The predicted octanol–water partition coefficient (Wildman–Crippen LogP) is 4.10. The maximum atomic E-state index is 12.5. The average molecular weight is 391 g/mol. The minimum absolute atomic E-state index is 0.217. The molecule has 0 aliphatic heterocycles. The molecule has 5 nitrogen and oxygen atoms in total. The van der Waals surface area contributed by atoms with Gasteiger partial charge in [0.1, 0.15) is 0 Å². The minimum atomic E-state index is -0.553. The molecule has 0 fully saturated rings. The molecule has 116 valence electrons. The van der Waals surface area contributed by atoms with Gasteiger partial charge in [0, 0.05) is 4.47 Å². The Morgan fingerprint density at radius 2 is 1.87 bits per heavy atom. The summed E-state index contributed by atoms with van der Waals surface area (Å²) < 4.78 is 6.52. The number of nitrogens with zero attached hydrogens (tertiary/aromatic N) is 1. The smallest absolute Gasteiger partial charge is 0.338 e. The van der Waals surface area contributed by atoms with Gasteiger partial charge in [-0.05, 0) is 40.2 Å². The van der Waals surface area contributed by atoms with E-state index in [1.165, 1.54) is 18.4 Å². The van der Waals surface area contributed by atoms with Gasteiger partial charge in [0.05, 0.1) is 28.5 Å². The van der Waals surface area contributed by atoms with Crippen LogP contribution in [-0.4, -0.2) is 24.0 Å². The van der Waals surface area contributed by atoms with E-state index in [1.54, 1.807) is 24.3 Å². The SMILES string of the molecule is COC(=O)c1ccccc1C(=O)Nc1nc2c(Br)cccc2s1. The van der Waals surface area contributed by atoms with E-state index < -0.39 is 11.9 Å². The van der Waals surface area contributed by atoms with Crippen LogP contribution in [0.15, 0.2) is 46.9 Å². The third kappa shape index (κ3) is 3.11. The molecule has 0 radical (unpaired) electrons. The Balaban J connectivity index is 1.92. The van der Waals surface area contributed by atoms with E-state index in [0.29, 0.717) is 5.13 Å². The first-order valence-corrected chi connectivity index (χ1v) is 8.25. The van der Waals surface area contributed by atoms with E-state index in [9.17, 15) is 9.59 Å². The second-order valence-electron chi connectivity index (χ2n) is 4.60. The van der Waals surface area contributed by atoms with Crippen molar-refractivity contribution in [1.82, 2.24) is 4.98 Å². The maximum Gasteiger partial charge on any atom is 0.338 e. The van der Waals surface area contributed by atoms with Gasteiger partial charge in [0.15, 0.2) is 5.13 Å². The molecule has 0 saturated heterocycles. The Kier molecular flexibility index (Phi) is 4.40. The standard InChI is InChI=1S/C16H11BrN2O3S/c1-22-15(21)10-6-3-2-5-9(10)14(20)19-16-18-13-11(17)7-4-8-12(13)23-16/h2-8H,1H3,(H,18,19,20). The number of anilines is 1. The van der Waals surface area contributed by atoms with Crippen molar-refractivity contribution < 1.29 is 14.3 Å². The van der Waals surface area contributed by atoms with Crippen molar-refractivity contribution in [2.45, 2.75) is 0 Å². The van der Waals surface area contributed by atoms with Gasteiger partial charge in [-0.15, -0.1) is 0 Å². The van der Waals surface area contributed by atoms with Crippen molar-refractivity contribution in [3.63, 3.8) is 0 Å². The van der Waals surface area contributed by atoms with Gasteiger partial charge in [0.25, 0.3) is 5.91 Å². The number of carbonyl (C=O) groups is 2. The molecule has 1 heterocycles. The lowest BCUT2D eigenvalue weighted by molar-refractivity contribution is 0.0597. The summed E-state index contributed by atoms with van der Waals surface area (Å²) in [5.74, 6) is -0.955. The molecular formula is C16H11BrN2O3S. The monoisotopic (exact) mass is 390 g/mol. The first-order valence-electron chi connectivity index (χ1n) is 6.64. The summed E-state index contributed by atoms with van der Waals surface area (Å²) in [6.07, 6.45) is 0. The highest BCUT2D eigenvalue weighted by Crippen LogP contribution is 2.31. The van der Waals surface area contributed by atoms with Crippen LogP contribution < -0.4 is 5.32 Å². The third-order valence-electron chi connectivity index (χ3n) is 3.17. The van der Waals surface area contributed by atoms with E-state index in [2.05, 4.69) is 26.2 Å². The summed E-state index contributed by atoms with van der Waals surface area (Å²) in [5, 5.41) is 3.20. The quantitative estimate of drug-likeness (QED) is 0.683. The molecule has 0 aliphatic rings. The lowest BCUT2D eigenvalue weighted by Crippen LogP contribution is -2.16. The molecule has 1 N–H and O–H groups in total. The molecule has 0 atom stereocenters. The van der Waals surface area contributed by atoms with E-state index in [1.807, 2.05) is 18.2 Å². The molecule has 1 aromatic heterocycles. The van der Waals surface area contributed by atoms with Crippen LogP contribution in [-0.2, 0) is 4.74 Å². The summed E-state index contributed by atoms with van der Waals surface area (Å²) in [5.41, 5.74) is 1.25. The van der Waals surface area contributed by atoms with Crippen molar-refractivity contribution in [1.29, 1.82) is 0 Å². The molecular weight excluding hydrogens is 380 g/mol. The lowest BCUT2D eigenvalue weighted by atomic mass is 10.1. The van der Waals surface area contributed by atoms with Gasteiger partial charge in [-0.25, -0.2) is 9.78 Å². The van der Waals surface area contributed by atoms with E-state index >= 15 is 0 Å². The first-order chi connectivity index (χ1) is 11.1. The number of thiazole rings is 1. The number of esters is 1. The molecule has 1 amide bonds. The van der Waals surface area contributed by atoms with Crippen molar-refractivity contribution in [2.24, 2.45) is 0 Å². The summed E-state index contributed by atoms with van der Waals surface area (Å²) in [6.45, 7) is 0. The number of fused-ring (bicyclic) bond motifs is 1. The average Bonchev–Trinajstić information content (AvgIpc) is 2.98. The van der Waals surface area contributed by atoms with Crippen LogP contribution >= 0.6 is 27.3 Å². The number of hydrogen-bond donors (Lipinski definition) is 1. The van der Waals surface area contributed by atoms with Gasteiger partial charge in [-0.3, -0.25) is 10.1 Å². The fourth-order valence-electron chi connectivity index (χ4n) is 2.10. The van der Waals surface area contributed by atoms with Crippen LogP contribution in [0.3, 0.4) is 0 Å². The van der Waals surface area contributed by atoms with E-state index in [4.69, 9.17) is 4.74 Å². The maximum absolute atomic E-state index is 12.5. The number of para-hydroxylation sites is 1. The summed E-state index contributed by atoms with van der Waals surface area (Å²) in [6, 6.07) is 12.2.